The van der Waals surface area contributed by atoms with Crippen molar-refractivity contribution in [2.24, 2.45) is 0 Å². The molecule has 1 atom stereocenters. The molecule has 0 aliphatic carbocycles. The molecule has 0 radical (unpaired) electrons. The van der Waals surface area contributed by atoms with Crippen LogP contribution in [0.3, 0.4) is 0 Å². The van der Waals surface area contributed by atoms with Crippen molar-refractivity contribution in [1.82, 2.24) is 24.3 Å². The second-order valence-electron chi connectivity index (χ2n) is 8.06. The Morgan fingerprint density at radius 1 is 1.33 bits per heavy atom. The average Bonchev–Trinajstić information content (AvgIpc) is 3.23. The fourth-order valence-electron chi connectivity index (χ4n) is 4.04. The molecule has 7 heteroatoms. The van der Waals surface area contributed by atoms with Gasteiger partial charge in [-0.1, -0.05) is 6.07 Å². The molecule has 7 nitrogen and oxygen atoms in total. The first-order valence-electron chi connectivity index (χ1n) is 9.48. The molecular formula is C20H27N5O2. The molecule has 1 fully saturated rings. The van der Waals surface area contributed by atoms with E-state index in [9.17, 15) is 9.90 Å². The van der Waals surface area contributed by atoms with Crippen LogP contribution in [-0.4, -0.2) is 73.8 Å². The van der Waals surface area contributed by atoms with E-state index in [1.807, 2.05) is 29.0 Å². The van der Waals surface area contributed by atoms with Crippen molar-refractivity contribution in [2.45, 2.75) is 38.3 Å². The summed E-state index contributed by atoms with van der Waals surface area (Å²) in [5.41, 5.74) is 2.02. The van der Waals surface area contributed by atoms with Crippen LogP contribution >= 0.6 is 0 Å². The summed E-state index contributed by atoms with van der Waals surface area (Å²) in [5, 5.41) is 14.5. The van der Waals surface area contributed by atoms with E-state index in [4.69, 9.17) is 0 Å². The molecule has 2 aliphatic rings. The van der Waals surface area contributed by atoms with E-state index in [0.29, 0.717) is 13.1 Å². The molecule has 2 aliphatic heterocycles. The minimum atomic E-state index is -1.32. The molecule has 4 heterocycles. The lowest BCUT2D eigenvalue weighted by molar-refractivity contribution is -0.149. The maximum Gasteiger partial charge on any atom is 0.254 e. The summed E-state index contributed by atoms with van der Waals surface area (Å²) in [7, 11) is 2.08. The first-order chi connectivity index (χ1) is 12.8. The third kappa shape index (κ3) is 3.27. The molecule has 1 saturated heterocycles. The third-order valence-corrected chi connectivity index (χ3v) is 5.45. The average molecular weight is 369 g/mol. The summed E-state index contributed by atoms with van der Waals surface area (Å²) in [6, 6.07) is 6.32. The van der Waals surface area contributed by atoms with E-state index in [0.717, 1.165) is 36.3 Å². The lowest BCUT2D eigenvalue weighted by Gasteiger charge is -2.39. The maximum absolute atomic E-state index is 12.5. The summed E-state index contributed by atoms with van der Waals surface area (Å²) in [5.74, 6) is -0.188. The standard InChI is InChI=1S/C20H27N5O2/c1-20(2,27)19(26)23-9-6-7-15(12-23)24-13-18(22(3)14-24)16-11-21-25-10-5-4-8-17(16)25/h4-5,8,10-11,13,15,27H,6-7,9,12,14H2,1-3H3/t15-/m0/s1. The zero-order chi connectivity index (χ0) is 19.2. The van der Waals surface area contributed by atoms with E-state index < -0.39 is 5.60 Å². The summed E-state index contributed by atoms with van der Waals surface area (Å²) < 4.78 is 1.89. The van der Waals surface area contributed by atoms with Gasteiger partial charge in [-0.3, -0.25) is 4.79 Å². The van der Waals surface area contributed by atoms with Crippen molar-refractivity contribution in [3.63, 3.8) is 0 Å². The van der Waals surface area contributed by atoms with Crippen molar-refractivity contribution in [2.75, 3.05) is 26.8 Å². The van der Waals surface area contributed by atoms with Crippen molar-refractivity contribution >= 4 is 17.1 Å². The number of aromatic nitrogens is 2. The van der Waals surface area contributed by atoms with Gasteiger partial charge in [0.1, 0.15) is 5.60 Å². The summed E-state index contributed by atoms with van der Waals surface area (Å²) >= 11 is 0. The Kier molecular flexibility index (Phi) is 4.34. The molecule has 0 saturated carbocycles. The fraction of sp³-hybridized carbons (Fsp3) is 0.500. The number of carbonyl (C=O) groups is 1. The van der Waals surface area contributed by atoms with E-state index in [2.05, 4.69) is 34.2 Å². The van der Waals surface area contributed by atoms with E-state index in [1.54, 1.807) is 18.7 Å². The Bertz CT molecular complexity index is 882. The normalized spacial score (nSPS) is 21.1. The molecule has 2 aromatic rings. The number of likely N-dealkylation sites (tertiary alicyclic amines) is 1. The largest absolute Gasteiger partial charge is 0.381 e. The Morgan fingerprint density at radius 3 is 2.93 bits per heavy atom. The van der Waals surface area contributed by atoms with Crippen LogP contribution in [0.5, 0.6) is 0 Å². The molecule has 144 valence electrons. The lowest BCUT2D eigenvalue weighted by atomic mass is 10.0. The van der Waals surface area contributed by atoms with E-state index >= 15 is 0 Å². The van der Waals surface area contributed by atoms with Crippen LogP contribution in [0.15, 0.2) is 36.8 Å². The van der Waals surface area contributed by atoms with Gasteiger partial charge in [-0.2, -0.15) is 5.10 Å². The number of hydrogen-bond donors (Lipinski definition) is 1. The highest BCUT2D eigenvalue weighted by atomic mass is 16.3. The van der Waals surface area contributed by atoms with Gasteiger partial charge in [0.05, 0.1) is 24.1 Å². The molecule has 4 rings (SSSR count). The van der Waals surface area contributed by atoms with Gasteiger partial charge in [0.15, 0.2) is 0 Å². The highest BCUT2D eigenvalue weighted by molar-refractivity contribution is 5.84. The number of carbonyl (C=O) groups excluding carboxylic acids is 1. The highest BCUT2D eigenvalue weighted by Gasteiger charge is 2.35. The van der Waals surface area contributed by atoms with Crippen molar-refractivity contribution in [1.29, 1.82) is 0 Å². The van der Waals surface area contributed by atoms with Gasteiger partial charge >= 0.3 is 0 Å². The molecule has 0 bridgehead atoms. The monoisotopic (exact) mass is 369 g/mol. The second-order valence-corrected chi connectivity index (χ2v) is 8.06. The van der Waals surface area contributed by atoms with E-state index in [-0.39, 0.29) is 11.9 Å². The number of hydrogen-bond acceptors (Lipinski definition) is 5. The molecule has 27 heavy (non-hydrogen) atoms. The molecule has 0 aromatic carbocycles. The fourth-order valence-corrected chi connectivity index (χ4v) is 4.04. The van der Waals surface area contributed by atoms with Crippen LogP contribution in [-0.2, 0) is 4.79 Å². The quantitative estimate of drug-likeness (QED) is 0.890. The minimum absolute atomic E-state index is 0.188. The van der Waals surface area contributed by atoms with Crippen molar-refractivity contribution in [3.8, 4) is 0 Å². The summed E-state index contributed by atoms with van der Waals surface area (Å²) in [4.78, 5) is 18.8. The van der Waals surface area contributed by atoms with Gasteiger partial charge in [-0.25, -0.2) is 4.52 Å². The van der Waals surface area contributed by atoms with Crippen LogP contribution in [0, 0.1) is 0 Å². The predicted octanol–water partition coefficient (Wildman–Crippen LogP) is 1.60. The van der Waals surface area contributed by atoms with Gasteiger partial charge in [0.25, 0.3) is 5.91 Å². The number of pyridine rings is 1. The highest BCUT2D eigenvalue weighted by Crippen LogP contribution is 2.30. The van der Waals surface area contributed by atoms with Gasteiger partial charge in [-0.15, -0.1) is 0 Å². The number of rotatable bonds is 3. The zero-order valence-electron chi connectivity index (χ0n) is 16.2. The summed E-state index contributed by atoms with van der Waals surface area (Å²) in [6.07, 6.45) is 8.04. The third-order valence-electron chi connectivity index (χ3n) is 5.45. The Morgan fingerprint density at radius 2 is 2.15 bits per heavy atom. The Hall–Kier alpha value is -2.54. The number of aliphatic hydroxyl groups is 1. The molecule has 0 unspecified atom stereocenters. The molecule has 0 spiro atoms. The second kappa shape index (κ2) is 6.56. The lowest BCUT2D eigenvalue weighted by Crippen LogP contribution is -2.53. The number of nitrogens with zero attached hydrogens (tertiary/aromatic N) is 5. The minimum Gasteiger partial charge on any atom is -0.381 e. The SMILES string of the molecule is CN1CN([C@H]2CCCN(C(=O)C(C)(C)O)C2)C=C1c1cnn2ccccc12. The molecular weight excluding hydrogens is 342 g/mol. The Labute approximate surface area is 159 Å². The zero-order valence-corrected chi connectivity index (χ0v) is 16.2. The number of amides is 1. The van der Waals surface area contributed by atoms with Crippen molar-refractivity contribution < 1.29 is 9.90 Å². The van der Waals surface area contributed by atoms with E-state index in [1.165, 1.54) is 0 Å². The molecule has 2 aromatic heterocycles. The van der Waals surface area contributed by atoms with Crippen LogP contribution in [0.25, 0.3) is 11.2 Å². The van der Waals surface area contributed by atoms with Gasteiger partial charge < -0.3 is 19.8 Å². The van der Waals surface area contributed by atoms with Gasteiger partial charge in [0, 0.05) is 44.1 Å². The maximum atomic E-state index is 12.5. The molecule has 1 amide bonds. The Balaban J connectivity index is 1.56. The topological polar surface area (TPSA) is 64.3 Å². The van der Waals surface area contributed by atoms with Crippen LogP contribution in [0.1, 0.15) is 32.3 Å². The first-order valence-corrected chi connectivity index (χ1v) is 9.48. The van der Waals surface area contributed by atoms with Gasteiger partial charge in [-0.05, 0) is 38.8 Å². The number of fused-ring (bicyclic) bond motifs is 1. The smallest absolute Gasteiger partial charge is 0.254 e. The van der Waals surface area contributed by atoms with Crippen LogP contribution in [0.2, 0.25) is 0 Å². The predicted molar refractivity (Wildman–Crippen MR) is 104 cm³/mol. The first kappa shape index (κ1) is 17.9. The molecule has 1 N–H and O–H groups in total. The summed E-state index contributed by atoms with van der Waals surface area (Å²) in [6.45, 7) is 5.27. The van der Waals surface area contributed by atoms with Crippen molar-refractivity contribution in [3.05, 3.63) is 42.4 Å². The van der Waals surface area contributed by atoms with Crippen LogP contribution in [0.4, 0.5) is 0 Å². The number of piperidine rings is 1. The van der Waals surface area contributed by atoms with Gasteiger partial charge in [0.2, 0.25) is 0 Å². The van der Waals surface area contributed by atoms with Crippen LogP contribution < -0.4 is 0 Å².